The first-order valence-electron chi connectivity index (χ1n) is 12.9. The molecule has 0 aromatic heterocycles. The van der Waals surface area contributed by atoms with Crippen LogP contribution in [0.15, 0.2) is 24.3 Å². The van der Waals surface area contributed by atoms with Gasteiger partial charge in [-0.2, -0.15) is 0 Å². The third kappa shape index (κ3) is 9.64. The first-order valence-corrected chi connectivity index (χ1v) is 12.9. The Morgan fingerprint density at radius 2 is 1.71 bits per heavy atom. The highest BCUT2D eigenvalue weighted by atomic mass is 16.4. The number of nitrogens with one attached hydrogen (secondary N) is 2. The van der Waals surface area contributed by atoms with E-state index in [2.05, 4.69) is 41.8 Å². The average molecular weight is 474 g/mol. The Balaban J connectivity index is 0.000000371. The van der Waals surface area contributed by atoms with Gasteiger partial charge in [0.25, 0.3) is 0 Å². The number of hydrogen-bond acceptors (Lipinski definition) is 5. The molecular weight excluding hydrogens is 431 g/mol. The predicted octanol–water partition coefficient (Wildman–Crippen LogP) is 2.67. The van der Waals surface area contributed by atoms with Crippen LogP contribution in [0.1, 0.15) is 75.8 Å². The molecule has 1 fully saturated rings. The molecule has 4 N–H and O–H groups in total. The summed E-state index contributed by atoms with van der Waals surface area (Å²) in [5.41, 5.74) is 2.91. The van der Waals surface area contributed by atoms with Gasteiger partial charge in [0.1, 0.15) is 6.04 Å². The Morgan fingerprint density at radius 1 is 1.09 bits per heavy atom. The van der Waals surface area contributed by atoms with Gasteiger partial charge in [0, 0.05) is 33.2 Å². The number of urea groups is 1. The summed E-state index contributed by atoms with van der Waals surface area (Å²) in [4.78, 5) is 28.0. The maximum absolute atomic E-state index is 12.6. The molecule has 2 heterocycles. The number of carbonyl (C=O) groups is 2. The number of fused-ring (bicyclic) bond motifs is 1. The topological polar surface area (TPSA) is 105 Å². The molecule has 0 saturated carbocycles. The van der Waals surface area contributed by atoms with Crippen molar-refractivity contribution in [1.82, 2.24) is 20.4 Å². The zero-order valence-electron chi connectivity index (χ0n) is 21.0. The molecule has 2 aliphatic rings. The molecule has 1 atom stereocenters. The van der Waals surface area contributed by atoms with Crippen molar-refractivity contribution >= 4 is 19.1 Å². The first kappa shape index (κ1) is 28.1. The summed E-state index contributed by atoms with van der Waals surface area (Å²) in [5.74, 6) is -0.316. The van der Waals surface area contributed by atoms with E-state index in [1.54, 1.807) is 16.8 Å². The van der Waals surface area contributed by atoms with Crippen molar-refractivity contribution in [2.45, 2.75) is 83.8 Å². The molecule has 0 aliphatic carbocycles. The van der Waals surface area contributed by atoms with Crippen molar-refractivity contribution in [2.24, 2.45) is 0 Å². The first-order chi connectivity index (χ1) is 16.4. The maximum atomic E-state index is 12.6. The Kier molecular flexibility index (Phi) is 13.0. The van der Waals surface area contributed by atoms with Gasteiger partial charge in [-0.1, -0.05) is 69.7 Å². The molecule has 9 heteroatoms. The molecule has 3 rings (SSSR count). The van der Waals surface area contributed by atoms with E-state index >= 15 is 0 Å². The average Bonchev–Trinajstić information content (AvgIpc) is 3.51. The number of benzene rings is 1. The Labute approximate surface area is 205 Å². The lowest BCUT2D eigenvalue weighted by Gasteiger charge is -2.29. The zero-order chi connectivity index (χ0) is 24.8. The summed E-state index contributed by atoms with van der Waals surface area (Å²) in [6.07, 6.45) is 9.60. The molecule has 190 valence electrons. The molecule has 3 amide bonds. The second-order valence-corrected chi connectivity index (χ2v) is 9.27. The van der Waals surface area contributed by atoms with Gasteiger partial charge in [0.15, 0.2) is 0 Å². The fraction of sp³-hybridized carbons (Fsp3) is 0.680. The highest BCUT2D eigenvalue weighted by Crippen LogP contribution is 2.19. The van der Waals surface area contributed by atoms with Crippen molar-refractivity contribution in [1.29, 1.82) is 0 Å². The summed E-state index contributed by atoms with van der Waals surface area (Å²) < 4.78 is 0. The molecule has 34 heavy (non-hydrogen) atoms. The molecule has 2 aliphatic heterocycles. The second kappa shape index (κ2) is 15.7. The number of carbonyl (C=O) groups excluding carboxylic acids is 2. The monoisotopic (exact) mass is 474 g/mol. The minimum Gasteiger partial charge on any atom is -0.426 e. The molecule has 0 spiro atoms. The van der Waals surface area contributed by atoms with E-state index in [4.69, 9.17) is 10.0 Å². The summed E-state index contributed by atoms with van der Waals surface area (Å²) >= 11 is 0. The Morgan fingerprint density at radius 3 is 2.32 bits per heavy atom. The summed E-state index contributed by atoms with van der Waals surface area (Å²) in [6, 6.07) is 7.90. The summed E-state index contributed by atoms with van der Waals surface area (Å²) in [7, 11) is 0.207. The third-order valence-electron chi connectivity index (χ3n) is 6.43. The summed E-state index contributed by atoms with van der Waals surface area (Å²) in [6.45, 7) is 5.58. The molecule has 0 bridgehead atoms. The molecule has 0 radical (unpaired) electrons. The van der Waals surface area contributed by atoms with Crippen LogP contribution in [0.5, 0.6) is 0 Å². The largest absolute Gasteiger partial charge is 0.472 e. The molecule has 1 aromatic rings. The number of nitrogens with zero attached hydrogens (tertiary/aromatic N) is 2. The lowest BCUT2D eigenvalue weighted by atomic mass is 9.92. The lowest BCUT2D eigenvalue weighted by Crippen LogP contribution is -2.51. The van der Waals surface area contributed by atoms with Crippen LogP contribution in [0.25, 0.3) is 0 Å². The molecule has 1 aromatic carbocycles. The van der Waals surface area contributed by atoms with Crippen molar-refractivity contribution in [3.8, 4) is 0 Å². The van der Waals surface area contributed by atoms with E-state index in [1.807, 2.05) is 0 Å². The minimum absolute atomic E-state index is 0.117. The molecule has 0 unspecified atom stereocenters. The van der Waals surface area contributed by atoms with Gasteiger partial charge in [-0.3, -0.25) is 4.79 Å². The highest BCUT2D eigenvalue weighted by molar-refractivity contribution is 6.41. The van der Waals surface area contributed by atoms with Gasteiger partial charge >= 0.3 is 13.1 Å². The van der Waals surface area contributed by atoms with E-state index in [-0.39, 0.29) is 18.4 Å². The quantitative estimate of drug-likeness (QED) is 0.292. The summed E-state index contributed by atoms with van der Waals surface area (Å²) in [5, 5.41) is 23.5. The van der Waals surface area contributed by atoms with Crippen LogP contribution >= 0.6 is 0 Å². The normalized spacial score (nSPS) is 16.5. The van der Waals surface area contributed by atoms with Crippen molar-refractivity contribution < 1.29 is 19.6 Å². The molecule has 1 saturated heterocycles. The Hall–Kier alpha value is -2.10. The van der Waals surface area contributed by atoms with Crippen LogP contribution < -0.4 is 10.6 Å². The van der Waals surface area contributed by atoms with Gasteiger partial charge in [-0.25, -0.2) is 4.79 Å². The van der Waals surface area contributed by atoms with Crippen molar-refractivity contribution in [3.05, 3.63) is 35.4 Å². The Bertz CT molecular complexity index is 726. The van der Waals surface area contributed by atoms with Crippen molar-refractivity contribution in [2.75, 3.05) is 26.6 Å². The molecule has 8 nitrogen and oxygen atoms in total. The minimum atomic E-state index is -1.57. The predicted molar refractivity (Wildman–Crippen MR) is 136 cm³/mol. The van der Waals surface area contributed by atoms with Crippen LogP contribution in [-0.2, 0) is 17.9 Å². The van der Waals surface area contributed by atoms with E-state index in [0.29, 0.717) is 19.5 Å². The van der Waals surface area contributed by atoms with Gasteiger partial charge in [0.2, 0.25) is 5.91 Å². The number of rotatable bonds is 11. The third-order valence-corrected chi connectivity index (χ3v) is 6.43. The van der Waals surface area contributed by atoms with Gasteiger partial charge < -0.3 is 30.5 Å². The number of amides is 3. The SMILES string of the molecule is CCCCCCCCCN(C)C(=O)N1CCC[C@H]1C(=O)NCB(O)O.c1ccc2c(c1)CNC2. The fourth-order valence-electron chi connectivity index (χ4n) is 4.43. The van der Waals surface area contributed by atoms with Crippen LogP contribution in [-0.4, -0.2) is 71.5 Å². The maximum Gasteiger partial charge on any atom is 0.472 e. The van der Waals surface area contributed by atoms with E-state index < -0.39 is 13.2 Å². The van der Waals surface area contributed by atoms with Crippen LogP contribution in [0.2, 0.25) is 0 Å². The van der Waals surface area contributed by atoms with E-state index in [9.17, 15) is 9.59 Å². The van der Waals surface area contributed by atoms with Gasteiger partial charge in [-0.15, -0.1) is 0 Å². The van der Waals surface area contributed by atoms with E-state index in [0.717, 1.165) is 32.4 Å². The fourth-order valence-corrected chi connectivity index (χ4v) is 4.43. The van der Waals surface area contributed by atoms with Crippen LogP contribution in [0.4, 0.5) is 4.79 Å². The standard InChI is InChI=1S/C17H34BN3O4.C8H9N/c1-3-4-5-6-7-8-9-12-20(2)17(23)21-13-10-11-15(21)16(22)19-14-18(24)25;1-2-4-8-6-9-5-7(8)3-1/h15,24-25H,3-14H2,1-2H3,(H,19,22);1-4,9H,5-6H2/t15-;/m0./s1. The second-order valence-electron chi connectivity index (χ2n) is 9.27. The van der Waals surface area contributed by atoms with Crippen LogP contribution in [0.3, 0.4) is 0 Å². The number of unbranched alkanes of at least 4 members (excludes halogenated alkanes) is 6. The van der Waals surface area contributed by atoms with Gasteiger partial charge in [0.05, 0.1) is 6.44 Å². The number of hydrogen-bond donors (Lipinski definition) is 4. The van der Waals surface area contributed by atoms with Crippen LogP contribution in [0, 0.1) is 0 Å². The smallest absolute Gasteiger partial charge is 0.426 e. The van der Waals surface area contributed by atoms with E-state index in [1.165, 1.54) is 43.2 Å². The van der Waals surface area contributed by atoms with Gasteiger partial charge in [-0.05, 0) is 30.4 Å². The van der Waals surface area contributed by atoms with Crippen molar-refractivity contribution in [3.63, 3.8) is 0 Å². The zero-order valence-corrected chi connectivity index (χ0v) is 21.0. The lowest BCUT2D eigenvalue weighted by molar-refractivity contribution is -0.124. The number of likely N-dealkylation sites (tertiary alicyclic amines) is 1. The molecular formula is C25H43BN4O4. The highest BCUT2D eigenvalue weighted by Gasteiger charge is 2.35.